The molecule has 0 unspecified atom stereocenters. The summed E-state index contributed by atoms with van der Waals surface area (Å²) >= 11 is 0. The van der Waals surface area contributed by atoms with Crippen LogP contribution in [0.4, 0.5) is 0 Å². The van der Waals surface area contributed by atoms with E-state index >= 15 is 0 Å². The minimum Gasteiger partial charge on any atom is -0.492 e. The predicted octanol–water partition coefficient (Wildman–Crippen LogP) is 1.49. The Labute approximate surface area is 138 Å². The normalized spacial score (nSPS) is 11.0. The molecular formula is C17H28N4O2. The number of para-hydroxylation sites is 1. The predicted molar refractivity (Wildman–Crippen MR) is 93.8 cm³/mol. The van der Waals surface area contributed by atoms with Gasteiger partial charge in [0.15, 0.2) is 5.96 Å². The zero-order valence-electron chi connectivity index (χ0n) is 14.3. The Kier molecular flexibility index (Phi) is 9.28. The number of hydrogen-bond donors (Lipinski definition) is 2. The van der Waals surface area contributed by atoms with Gasteiger partial charge in [-0.05, 0) is 18.6 Å². The summed E-state index contributed by atoms with van der Waals surface area (Å²) in [5, 5.41) is 6.04. The molecule has 0 aromatic heterocycles. The summed E-state index contributed by atoms with van der Waals surface area (Å²) in [5.74, 6) is 1.67. The molecule has 0 bridgehead atoms. The van der Waals surface area contributed by atoms with Crippen molar-refractivity contribution in [2.45, 2.75) is 19.8 Å². The first-order valence-corrected chi connectivity index (χ1v) is 8.03. The molecule has 0 atom stereocenters. The molecule has 0 heterocycles. The average Bonchev–Trinajstić information content (AvgIpc) is 2.57. The van der Waals surface area contributed by atoms with Crippen LogP contribution in [-0.4, -0.2) is 57.1 Å². The van der Waals surface area contributed by atoms with Crippen LogP contribution >= 0.6 is 0 Å². The Balaban J connectivity index is 2.24. The summed E-state index contributed by atoms with van der Waals surface area (Å²) in [6.45, 7) is 4.60. The lowest BCUT2D eigenvalue weighted by Crippen LogP contribution is -2.42. The first-order chi connectivity index (χ1) is 11.2. The third-order valence-corrected chi connectivity index (χ3v) is 3.22. The van der Waals surface area contributed by atoms with E-state index in [9.17, 15) is 4.79 Å². The number of likely N-dealkylation sites (N-methyl/N-ethyl adjacent to an activating group) is 1. The van der Waals surface area contributed by atoms with Crippen LogP contribution in [0.15, 0.2) is 35.3 Å². The number of amides is 1. The number of carbonyl (C=O) groups excluding carboxylic acids is 1. The molecule has 0 aliphatic carbocycles. The number of aliphatic imine (C=N–C) groups is 1. The highest BCUT2D eigenvalue weighted by Gasteiger charge is 2.07. The van der Waals surface area contributed by atoms with E-state index in [1.54, 1.807) is 7.05 Å². The molecule has 6 heteroatoms. The van der Waals surface area contributed by atoms with E-state index < -0.39 is 0 Å². The SMILES string of the molecule is CCCNC(=O)CCNC(=NC)N(C)CCOc1ccccc1. The van der Waals surface area contributed by atoms with Gasteiger partial charge in [0.2, 0.25) is 5.91 Å². The largest absolute Gasteiger partial charge is 0.492 e. The van der Waals surface area contributed by atoms with Gasteiger partial charge in [-0.3, -0.25) is 9.79 Å². The van der Waals surface area contributed by atoms with Gasteiger partial charge in [0.1, 0.15) is 12.4 Å². The molecule has 0 radical (unpaired) electrons. The summed E-state index contributed by atoms with van der Waals surface area (Å²) in [6, 6.07) is 9.72. The molecule has 1 aromatic rings. The number of rotatable bonds is 9. The third kappa shape index (κ3) is 8.09. The van der Waals surface area contributed by atoms with E-state index in [2.05, 4.69) is 15.6 Å². The molecule has 0 aliphatic heterocycles. The van der Waals surface area contributed by atoms with Crippen LogP contribution in [0.2, 0.25) is 0 Å². The highest BCUT2D eigenvalue weighted by atomic mass is 16.5. The second-order valence-electron chi connectivity index (χ2n) is 5.16. The molecule has 1 amide bonds. The van der Waals surface area contributed by atoms with E-state index in [0.29, 0.717) is 26.1 Å². The Morgan fingerprint density at radius 1 is 1.22 bits per heavy atom. The molecule has 0 fully saturated rings. The molecule has 128 valence electrons. The number of hydrogen-bond acceptors (Lipinski definition) is 3. The smallest absolute Gasteiger partial charge is 0.221 e. The maximum Gasteiger partial charge on any atom is 0.221 e. The number of nitrogens with one attached hydrogen (secondary N) is 2. The molecule has 1 rings (SSSR count). The van der Waals surface area contributed by atoms with E-state index in [1.165, 1.54) is 0 Å². The van der Waals surface area contributed by atoms with Crippen molar-refractivity contribution in [1.82, 2.24) is 15.5 Å². The number of guanidine groups is 1. The van der Waals surface area contributed by atoms with Crippen molar-refractivity contribution in [2.24, 2.45) is 4.99 Å². The third-order valence-electron chi connectivity index (χ3n) is 3.22. The van der Waals surface area contributed by atoms with Gasteiger partial charge in [-0.15, -0.1) is 0 Å². The quantitative estimate of drug-likeness (QED) is 0.534. The van der Waals surface area contributed by atoms with E-state index in [-0.39, 0.29) is 5.91 Å². The Hall–Kier alpha value is -2.24. The Morgan fingerprint density at radius 2 is 1.96 bits per heavy atom. The van der Waals surface area contributed by atoms with Crippen LogP contribution < -0.4 is 15.4 Å². The van der Waals surface area contributed by atoms with Gasteiger partial charge in [0.25, 0.3) is 0 Å². The Bertz CT molecular complexity index is 477. The molecule has 1 aromatic carbocycles. The van der Waals surface area contributed by atoms with Gasteiger partial charge in [0.05, 0.1) is 6.54 Å². The Morgan fingerprint density at radius 3 is 2.61 bits per heavy atom. The van der Waals surface area contributed by atoms with Crippen LogP contribution in [0.25, 0.3) is 0 Å². The maximum atomic E-state index is 11.5. The fraction of sp³-hybridized carbons (Fsp3) is 0.529. The first-order valence-electron chi connectivity index (χ1n) is 8.03. The summed E-state index contributed by atoms with van der Waals surface area (Å²) in [6.07, 6.45) is 1.39. The summed E-state index contributed by atoms with van der Waals surface area (Å²) in [5.41, 5.74) is 0. The van der Waals surface area contributed by atoms with Gasteiger partial charge < -0.3 is 20.3 Å². The number of benzene rings is 1. The van der Waals surface area contributed by atoms with E-state index in [1.807, 2.05) is 49.2 Å². The monoisotopic (exact) mass is 320 g/mol. The second kappa shape index (κ2) is 11.3. The second-order valence-corrected chi connectivity index (χ2v) is 5.16. The molecule has 0 aliphatic rings. The lowest BCUT2D eigenvalue weighted by molar-refractivity contribution is -0.120. The van der Waals surface area contributed by atoms with Crippen molar-refractivity contribution in [1.29, 1.82) is 0 Å². The van der Waals surface area contributed by atoms with Crippen LogP contribution in [0.5, 0.6) is 5.75 Å². The molecule has 0 spiro atoms. The van der Waals surface area contributed by atoms with Gasteiger partial charge in [-0.25, -0.2) is 0 Å². The minimum atomic E-state index is 0.0601. The maximum absolute atomic E-state index is 11.5. The zero-order valence-corrected chi connectivity index (χ0v) is 14.3. The molecule has 23 heavy (non-hydrogen) atoms. The van der Waals surface area contributed by atoms with Crippen LogP contribution in [0.1, 0.15) is 19.8 Å². The van der Waals surface area contributed by atoms with Crippen LogP contribution in [-0.2, 0) is 4.79 Å². The lowest BCUT2D eigenvalue weighted by Gasteiger charge is -2.22. The van der Waals surface area contributed by atoms with Crippen molar-refractivity contribution in [2.75, 3.05) is 40.3 Å². The van der Waals surface area contributed by atoms with Gasteiger partial charge in [0, 0.05) is 33.6 Å². The number of nitrogens with zero attached hydrogens (tertiary/aromatic N) is 2. The number of carbonyl (C=O) groups is 1. The summed E-state index contributed by atoms with van der Waals surface area (Å²) < 4.78 is 5.67. The lowest BCUT2D eigenvalue weighted by atomic mass is 10.3. The topological polar surface area (TPSA) is 66.0 Å². The fourth-order valence-corrected chi connectivity index (χ4v) is 1.95. The van der Waals surface area contributed by atoms with Crippen LogP contribution in [0.3, 0.4) is 0 Å². The highest BCUT2D eigenvalue weighted by Crippen LogP contribution is 2.07. The minimum absolute atomic E-state index is 0.0601. The highest BCUT2D eigenvalue weighted by molar-refractivity contribution is 5.81. The van der Waals surface area contributed by atoms with Gasteiger partial charge in [-0.2, -0.15) is 0 Å². The molecule has 2 N–H and O–H groups in total. The molecule has 0 saturated heterocycles. The molecular weight excluding hydrogens is 292 g/mol. The van der Waals surface area contributed by atoms with Crippen molar-refractivity contribution in [3.8, 4) is 5.75 Å². The van der Waals surface area contributed by atoms with Crippen LogP contribution in [0, 0.1) is 0 Å². The standard InChI is InChI=1S/C17H28N4O2/c1-4-11-19-16(22)10-12-20-17(18-2)21(3)13-14-23-15-8-6-5-7-9-15/h5-9H,4,10-14H2,1-3H3,(H,18,20)(H,19,22). The first kappa shape index (κ1) is 18.8. The molecule has 0 saturated carbocycles. The fourth-order valence-electron chi connectivity index (χ4n) is 1.95. The van der Waals surface area contributed by atoms with Crippen molar-refractivity contribution >= 4 is 11.9 Å². The molecule has 6 nitrogen and oxygen atoms in total. The zero-order chi connectivity index (χ0) is 16.9. The van der Waals surface area contributed by atoms with Gasteiger partial charge >= 0.3 is 0 Å². The van der Waals surface area contributed by atoms with Gasteiger partial charge in [-0.1, -0.05) is 25.1 Å². The van der Waals surface area contributed by atoms with E-state index in [0.717, 1.165) is 24.7 Å². The van der Waals surface area contributed by atoms with Crippen molar-refractivity contribution in [3.05, 3.63) is 30.3 Å². The van der Waals surface area contributed by atoms with Crippen molar-refractivity contribution < 1.29 is 9.53 Å². The average molecular weight is 320 g/mol. The summed E-state index contributed by atoms with van der Waals surface area (Å²) in [4.78, 5) is 17.7. The van der Waals surface area contributed by atoms with Crippen molar-refractivity contribution in [3.63, 3.8) is 0 Å². The summed E-state index contributed by atoms with van der Waals surface area (Å²) in [7, 11) is 3.68. The van der Waals surface area contributed by atoms with E-state index in [4.69, 9.17) is 4.74 Å². The number of ether oxygens (including phenoxy) is 1.